The molecule has 0 radical (unpaired) electrons. The van der Waals surface area contributed by atoms with Crippen LogP contribution in [0.4, 0.5) is 0 Å². The summed E-state index contributed by atoms with van der Waals surface area (Å²) in [6, 6.07) is 8.57. The van der Waals surface area contributed by atoms with E-state index in [1.165, 1.54) is 22.3 Å². The minimum Gasteiger partial charge on any atom is -0.508 e. The predicted molar refractivity (Wildman–Crippen MR) is 157 cm³/mol. The monoisotopic (exact) mass is 494 g/mol. The molecule has 0 unspecified atom stereocenters. The Bertz CT molecular complexity index is 946. The number of rotatable bonds is 7. The molecule has 0 saturated carbocycles. The third kappa shape index (κ3) is 7.77. The van der Waals surface area contributed by atoms with E-state index in [9.17, 15) is 10.2 Å². The molecule has 0 atom stereocenters. The Balaban J connectivity index is 2.09. The molecule has 0 aliphatic heterocycles. The zero-order chi connectivity index (χ0) is 27.7. The van der Waals surface area contributed by atoms with Crippen molar-refractivity contribution in [2.24, 2.45) is 0 Å². The van der Waals surface area contributed by atoms with Crippen LogP contribution >= 0.6 is 0 Å². The summed E-state index contributed by atoms with van der Waals surface area (Å²) >= 11 is 0. The molecule has 2 aromatic carbocycles. The van der Waals surface area contributed by atoms with Crippen LogP contribution in [0.25, 0.3) is 0 Å². The molecule has 0 amide bonds. The van der Waals surface area contributed by atoms with E-state index in [0.717, 1.165) is 49.7 Å². The van der Waals surface area contributed by atoms with E-state index in [0.29, 0.717) is 11.5 Å². The SMILES string of the molecule is CC(C)(C)c1cc(O)c(CCCCCCc2c(O)cc(C(C)(C)C)cc2C(C)(C)C)c(C(C)(C)C)c1. The van der Waals surface area contributed by atoms with Gasteiger partial charge in [-0.2, -0.15) is 0 Å². The second-order valence-corrected chi connectivity index (χ2v) is 15.0. The first-order valence-electron chi connectivity index (χ1n) is 14.0. The van der Waals surface area contributed by atoms with Crippen molar-refractivity contribution in [3.05, 3.63) is 57.6 Å². The number of phenols is 2. The number of benzene rings is 2. The van der Waals surface area contributed by atoms with E-state index in [1.54, 1.807) is 0 Å². The lowest BCUT2D eigenvalue weighted by Gasteiger charge is -2.28. The number of unbranched alkanes of at least 4 members (excludes halogenated alkanes) is 3. The summed E-state index contributed by atoms with van der Waals surface area (Å²) in [5.41, 5.74) is 7.17. The topological polar surface area (TPSA) is 40.5 Å². The molecule has 0 heterocycles. The Morgan fingerprint density at radius 2 is 0.750 bits per heavy atom. The van der Waals surface area contributed by atoms with Crippen LogP contribution in [-0.4, -0.2) is 10.2 Å². The smallest absolute Gasteiger partial charge is 0.119 e. The van der Waals surface area contributed by atoms with Gasteiger partial charge >= 0.3 is 0 Å². The Labute approximate surface area is 222 Å². The van der Waals surface area contributed by atoms with E-state index in [-0.39, 0.29) is 21.7 Å². The first-order chi connectivity index (χ1) is 16.2. The first-order valence-corrected chi connectivity index (χ1v) is 14.0. The van der Waals surface area contributed by atoms with Gasteiger partial charge < -0.3 is 10.2 Å². The second kappa shape index (κ2) is 10.8. The molecule has 2 heteroatoms. The molecule has 36 heavy (non-hydrogen) atoms. The third-order valence-electron chi connectivity index (χ3n) is 7.40. The van der Waals surface area contributed by atoms with Gasteiger partial charge in [0.25, 0.3) is 0 Å². The fraction of sp³-hybridized carbons (Fsp3) is 0.647. The lowest BCUT2D eigenvalue weighted by molar-refractivity contribution is 0.451. The summed E-state index contributed by atoms with van der Waals surface area (Å²) in [4.78, 5) is 0. The Kier molecular flexibility index (Phi) is 9.08. The van der Waals surface area contributed by atoms with Gasteiger partial charge in [0.2, 0.25) is 0 Å². The predicted octanol–water partition coefficient (Wildman–Crippen LogP) is 9.63. The minimum atomic E-state index is -0.00578. The Hall–Kier alpha value is -1.96. The first kappa shape index (κ1) is 30.3. The molecular weight excluding hydrogens is 440 g/mol. The van der Waals surface area contributed by atoms with Gasteiger partial charge in [-0.3, -0.25) is 0 Å². The van der Waals surface area contributed by atoms with Crippen LogP contribution in [0.15, 0.2) is 24.3 Å². The van der Waals surface area contributed by atoms with Crippen molar-refractivity contribution in [2.45, 2.75) is 143 Å². The van der Waals surface area contributed by atoms with Crippen LogP contribution in [0.1, 0.15) is 142 Å². The van der Waals surface area contributed by atoms with Gasteiger partial charge in [-0.05, 0) is 92.9 Å². The lowest BCUT2D eigenvalue weighted by atomic mass is 9.77. The normalized spacial score (nSPS) is 13.3. The molecule has 0 saturated heterocycles. The summed E-state index contributed by atoms with van der Waals surface area (Å²) in [6.07, 6.45) is 6.17. The maximum atomic E-state index is 10.9. The van der Waals surface area contributed by atoms with Gasteiger partial charge in [0.15, 0.2) is 0 Å². The molecular formula is C34H54O2. The molecule has 0 spiro atoms. The van der Waals surface area contributed by atoms with Crippen LogP contribution in [-0.2, 0) is 34.5 Å². The lowest BCUT2D eigenvalue weighted by Crippen LogP contribution is -2.19. The molecule has 202 valence electrons. The molecule has 2 aromatic rings. The van der Waals surface area contributed by atoms with Crippen molar-refractivity contribution in [1.82, 2.24) is 0 Å². The van der Waals surface area contributed by atoms with Crippen LogP contribution in [0, 0.1) is 0 Å². The summed E-state index contributed by atoms with van der Waals surface area (Å²) < 4.78 is 0. The second-order valence-electron chi connectivity index (χ2n) is 15.0. The average molecular weight is 495 g/mol. The van der Waals surface area contributed by atoms with Crippen molar-refractivity contribution in [1.29, 1.82) is 0 Å². The van der Waals surface area contributed by atoms with Crippen LogP contribution in [0.3, 0.4) is 0 Å². The Morgan fingerprint density at radius 3 is 1.00 bits per heavy atom. The summed E-state index contributed by atoms with van der Waals surface area (Å²) in [5, 5.41) is 21.9. The van der Waals surface area contributed by atoms with Gasteiger partial charge in [-0.1, -0.05) is 108 Å². The molecule has 2 nitrogen and oxygen atoms in total. The maximum Gasteiger partial charge on any atom is 0.119 e. The highest BCUT2D eigenvalue weighted by Gasteiger charge is 2.26. The zero-order valence-corrected chi connectivity index (χ0v) is 25.4. The average Bonchev–Trinajstić information content (AvgIpc) is 2.68. The number of hydrogen-bond acceptors (Lipinski definition) is 2. The maximum absolute atomic E-state index is 10.9. The van der Waals surface area contributed by atoms with Gasteiger partial charge in [-0.15, -0.1) is 0 Å². The highest BCUT2D eigenvalue weighted by atomic mass is 16.3. The van der Waals surface area contributed by atoms with Gasteiger partial charge in [0, 0.05) is 0 Å². The molecule has 2 rings (SSSR count). The Morgan fingerprint density at radius 1 is 0.444 bits per heavy atom. The highest BCUT2D eigenvalue weighted by Crippen LogP contribution is 2.39. The highest BCUT2D eigenvalue weighted by molar-refractivity contribution is 5.49. The van der Waals surface area contributed by atoms with Gasteiger partial charge in [0.05, 0.1) is 0 Å². The standard InChI is InChI=1S/C34H54O2/c1-31(2,3)23-19-27(33(7,8)9)25(29(35)21-23)17-15-13-14-16-18-26-28(34(10,11)12)20-24(22-30(26)36)32(4,5)6/h19-22,35-36H,13-18H2,1-12H3. The van der Waals surface area contributed by atoms with Crippen molar-refractivity contribution < 1.29 is 10.2 Å². The van der Waals surface area contributed by atoms with E-state index in [2.05, 4.69) is 95.2 Å². The number of phenolic OH excluding ortho intramolecular Hbond substituents is 2. The largest absolute Gasteiger partial charge is 0.508 e. The molecule has 0 aromatic heterocycles. The van der Waals surface area contributed by atoms with E-state index < -0.39 is 0 Å². The van der Waals surface area contributed by atoms with Crippen molar-refractivity contribution in [3.63, 3.8) is 0 Å². The van der Waals surface area contributed by atoms with E-state index >= 15 is 0 Å². The quantitative estimate of drug-likeness (QED) is 0.376. The van der Waals surface area contributed by atoms with Crippen LogP contribution in [0.5, 0.6) is 11.5 Å². The van der Waals surface area contributed by atoms with Crippen molar-refractivity contribution in [3.8, 4) is 11.5 Å². The van der Waals surface area contributed by atoms with E-state index in [4.69, 9.17) is 0 Å². The minimum absolute atomic E-state index is 0.00578. The zero-order valence-electron chi connectivity index (χ0n) is 25.4. The van der Waals surface area contributed by atoms with E-state index in [1.807, 2.05) is 12.1 Å². The number of aromatic hydroxyl groups is 2. The molecule has 0 fully saturated rings. The summed E-state index contributed by atoms with van der Waals surface area (Å²) in [6.45, 7) is 26.6. The van der Waals surface area contributed by atoms with Crippen LogP contribution in [0.2, 0.25) is 0 Å². The van der Waals surface area contributed by atoms with Crippen molar-refractivity contribution in [2.75, 3.05) is 0 Å². The van der Waals surface area contributed by atoms with Crippen LogP contribution < -0.4 is 0 Å². The molecule has 2 N–H and O–H groups in total. The summed E-state index contributed by atoms with van der Waals surface area (Å²) in [5.74, 6) is 0.900. The fourth-order valence-corrected chi connectivity index (χ4v) is 5.00. The molecule has 0 bridgehead atoms. The van der Waals surface area contributed by atoms with Crippen molar-refractivity contribution >= 4 is 0 Å². The fourth-order valence-electron chi connectivity index (χ4n) is 5.00. The third-order valence-corrected chi connectivity index (χ3v) is 7.40. The van der Waals surface area contributed by atoms with Gasteiger partial charge in [-0.25, -0.2) is 0 Å². The molecule has 0 aliphatic carbocycles. The molecule has 0 aliphatic rings. The van der Waals surface area contributed by atoms with Gasteiger partial charge in [0.1, 0.15) is 11.5 Å². The number of hydrogen-bond donors (Lipinski definition) is 2. The summed E-state index contributed by atoms with van der Waals surface area (Å²) in [7, 11) is 0.